The largest absolute Gasteiger partial charge is 0.493 e. The normalized spacial score (nSPS) is 10.9. The van der Waals surface area contributed by atoms with Gasteiger partial charge in [-0.1, -0.05) is 30.3 Å². The van der Waals surface area contributed by atoms with Gasteiger partial charge in [0.15, 0.2) is 11.5 Å². The number of ether oxygens (including phenoxy) is 3. The van der Waals surface area contributed by atoms with Crippen molar-refractivity contribution >= 4 is 11.0 Å². The molecule has 0 bridgehead atoms. The second kappa shape index (κ2) is 10.3. The molecule has 4 aromatic rings. The van der Waals surface area contributed by atoms with Crippen LogP contribution in [0.5, 0.6) is 17.2 Å². The predicted octanol–water partition coefficient (Wildman–Crippen LogP) is 6.05. The van der Waals surface area contributed by atoms with Crippen molar-refractivity contribution in [3.05, 3.63) is 95.8 Å². The fraction of sp³-hybridized carbons (Fsp3) is 0.250. The first-order chi connectivity index (χ1) is 16.1. The standard InChI is InChI=1S/C28H30N2O3/c1-5-8-22-12-14-26(27(18-22)31-4)33-19-28-29-24-9-6-7-10-25(24)30(28)15-16-32-23-13-11-20(2)21(3)17-23/h5-7,9-14,17-18H,1,8,15-16,19H2,2-4H3. The van der Waals surface area contributed by atoms with Crippen molar-refractivity contribution in [1.82, 2.24) is 9.55 Å². The molecule has 5 heteroatoms. The number of benzene rings is 3. The molecule has 4 rings (SSSR count). The highest BCUT2D eigenvalue weighted by Gasteiger charge is 2.13. The summed E-state index contributed by atoms with van der Waals surface area (Å²) < 4.78 is 19.9. The number of hydrogen-bond acceptors (Lipinski definition) is 4. The zero-order valence-corrected chi connectivity index (χ0v) is 19.5. The zero-order chi connectivity index (χ0) is 23.2. The predicted molar refractivity (Wildman–Crippen MR) is 132 cm³/mol. The minimum Gasteiger partial charge on any atom is -0.493 e. The van der Waals surface area contributed by atoms with Crippen LogP contribution in [0, 0.1) is 13.8 Å². The van der Waals surface area contributed by atoms with Gasteiger partial charge in [-0.2, -0.15) is 0 Å². The van der Waals surface area contributed by atoms with Gasteiger partial charge in [-0.15, -0.1) is 6.58 Å². The topological polar surface area (TPSA) is 45.5 Å². The SMILES string of the molecule is C=CCc1ccc(OCc2nc3ccccc3n2CCOc2ccc(C)c(C)c2)c(OC)c1. The molecule has 0 N–H and O–H groups in total. The van der Waals surface area contributed by atoms with Crippen LogP contribution in [-0.4, -0.2) is 23.3 Å². The number of nitrogens with zero attached hydrogens (tertiary/aromatic N) is 2. The molecule has 0 aliphatic carbocycles. The van der Waals surface area contributed by atoms with Crippen LogP contribution in [0.4, 0.5) is 0 Å². The molecule has 0 aliphatic heterocycles. The molecule has 3 aromatic carbocycles. The van der Waals surface area contributed by atoms with Crippen molar-refractivity contribution in [2.45, 2.75) is 33.4 Å². The van der Waals surface area contributed by atoms with Crippen LogP contribution in [0.1, 0.15) is 22.5 Å². The number of hydrogen-bond donors (Lipinski definition) is 0. The highest BCUT2D eigenvalue weighted by Crippen LogP contribution is 2.29. The number of rotatable bonds is 10. The van der Waals surface area contributed by atoms with Gasteiger partial charge in [0.25, 0.3) is 0 Å². The monoisotopic (exact) mass is 442 g/mol. The first kappa shape index (κ1) is 22.5. The van der Waals surface area contributed by atoms with Gasteiger partial charge < -0.3 is 18.8 Å². The van der Waals surface area contributed by atoms with Crippen LogP contribution >= 0.6 is 0 Å². The van der Waals surface area contributed by atoms with Gasteiger partial charge >= 0.3 is 0 Å². The molecule has 33 heavy (non-hydrogen) atoms. The first-order valence-corrected chi connectivity index (χ1v) is 11.1. The average molecular weight is 443 g/mol. The zero-order valence-electron chi connectivity index (χ0n) is 19.5. The highest BCUT2D eigenvalue weighted by atomic mass is 16.5. The summed E-state index contributed by atoms with van der Waals surface area (Å²) >= 11 is 0. The lowest BCUT2D eigenvalue weighted by atomic mass is 10.1. The Morgan fingerprint density at radius 2 is 1.79 bits per heavy atom. The van der Waals surface area contributed by atoms with E-state index in [2.05, 4.69) is 43.2 Å². The van der Waals surface area contributed by atoms with E-state index < -0.39 is 0 Å². The smallest absolute Gasteiger partial charge is 0.161 e. The Morgan fingerprint density at radius 1 is 0.939 bits per heavy atom. The summed E-state index contributed by atoms with van der Waals surface area (Å²) in [7, 11) is 1.65. The van der Waals surface area contributed by atoms with Crippen LogP contribution in [0.25, 0.3) is 11.0 Å². The number of allylic oxidation sites excluding steroid dienone is 1. The molecular weight excluding hydrogens is 412 g/mol. The van der Waals surface area contributed by atoms with Crippen LogP contribution < -0.4 is 14.2 Å². The summed E-state index contributed by atoms with van der Waals surface area (Å²) in [4.78, 5) is 4.81. The van der Waals surface area contributed by atoms with Crippen molar-refractivity contribution in [1.29, 1.82) is 0 Å². The summed E-state index contributed by atoms with van der Waals surface area (Å²) in [6, 6.07) is 20.2. The third-order valence-electron chi connectivity index (χ3n) is 5.76. The molecule has 0 radical (unpaired) electrons. The Bertz CT molecular complexity index is 1260. The first-order valence-electron chi connectivity index (χ1n) is 11.1. The fourth-order valence-corrected chi connectivity index (χ4v) is 3.81. The highest BCUT2D eigenvalue weighted by molar-refractivity contribution is 5.75. The van der Waals surface area contributed by atoms with Gasteiger partial charge in [0.1, 0.15) is 24.8 Å². The van der Waals surface area contributed by atoms with E-state index in [9.17, 15) is 0 Å². The van der Waals surface area contributed by atoms with Crippen LogP contribution in [0.15, 0.2) is 73.3 Å². The second-order valence-corrected chi connectivity index (χ2v) is 8.03. The van der Waals surface area contributed by atoms with Gasteiger partial charge in [0, 0.05) is 0 Å². The van der Waals surface area contributed by atoms with Crippen molar-refractivity contribution in [3.63, 3.8) is 0 Å². The lowest BCUT2D eigenvalue weighted by Crippen LogP contribution is -2.13. The average Bonchev–Trinajstić information content (AvgIpc) is 3.18. The fourth-order valence-electron chi connectivity index (χ4n) is 3.81. The summed E-state index contributed by atoms with van der Waals surface area (Å²) in [5, 5.41) is 0. The third-order valence-corrected chi connectivity index (χ3v) is 5.76. The molecule has 0 saturated heterocycles. The van der Waals surface area contributed by atoms with E-state index in [4.69, 9.17) is 19.2 Å². The van der Waals surface area contributed by atoms with Crippen LogP contribution in [-0.2, 0) is 19.6 Å². The van der Waals surface area contributed by atoms with E-state index in [1.54, 1.807) is 7.11 Å². The van der Waals surface area contributed by atoms with Crippen LogP contribution in [0.2, 0.25) is 0 Å². The number of aromatic nitrogens is 2. The van der Waals surface area contributed by atoms with Gasteiger partial charge in [-0.3, -0.25) is 0 Å². The molecule has 1 aromatic heterocycles. The van der Waals surface area contributed by atoms with E-state index in [-0.39, 0.29) is 0 Å². The summed E-state index contributed by atoms with van der Waals surface area (Å²) in [6.45, 7) is 9.53. The molecule has 170 valence electrons. The number of fused-ring (bicyclic) bond motifs is 1. The van der Waals surface area contributed by atoms with Gasteiger partial charge in [-0.05, 0) is 73.4 Å². The molecule has 0 spiro atoms. The van der Waals surface area contributed by atoms with Gasteiger partial charge in [0.2, 0.25) is 0 Å². The number of methoxy groups -OCH3 is 1. The Hall–Kier alpha value is -3.73. The van der Waals surface area contributed by atoms with Crippen molar-refractivity contribution in [2.24, 2.45) is 0 Å². The molecule has 5 nitrogen and oxygen atoms in total. The second-order valence-electron chi connectivity index (χ2n) is 8.03. The molecule has 0 amide bonds. The molecule has 1 heterocycles. The molecule has 0 unspecified atom stereocenters. The maximum Gasteiger partial charge on any atom is 0.161 e. The molecule has 0 atom stereocenters. The maximum absolute atomic E-state index is 6.14. The lowest BCUT2D eigenvalue weighted by molar-refractivity contribution is 0.261. The minimum absolute atomic E-state index is 0.329. The van der Waals surface area contributed by atoms with Gasteiger partial charge in [-0.25, -0.2) is 4.98 Å². The number of para-hydroxylation sites is 2. The quantitative estimate of drug-likeness (QED) is 0.281. The third kappa shape index (κ3) is 5.20. The van der Waals surface area contributed by atoms with Crippen LogP contribution in [0.3, 0.4) is 0 Å². The van der Waals surface area contributed by atoms with E-state index in [0.29, 0.717) is 31.3 Å². The lowest BCUT2D eigenvalue weighted by Gasteiger charge is -2.14. The number of aryl methyl sites for hydroxylation is 2. The molecule has 0 aliphatic rings. The van der Waals surface area contributed by atoms with E-state index >= 15 is 0 Å². The Morgan fingerprint density at radius 3 is 2.58 bits per heavy atom. The van der Waals surface area contributed by atoms with E-state index in [1.807, 2.05) is 48.5 Å². The Labute approximate surface area is 195 Å². The maximum atomic E-state index is 6.14. The van der Waals surface area contributed by atoms with Crippen molar-refractivity contribution in [2.75, 3.05) is 13.7 Å². The Balaban J connectivity index is 1.51. The summed E-state index contributed by atoms with van der Waals surface area (Å²) in [5.41, 5.74) is 5.62. The van der Waals surface area contributed by atoms with Crippen molar-refractivity contribution in [3.8, 4) is 17.2 Å². The van der Waals surface area contributed by atoms with E-state index in [1.165, 1.54) is 11.1 Å². The van der Waals surface area contributed by atoms with E-state index in [0.717, 1.165) is 34.6 Å². The molecule has 0 saturated carbocycles. The molecule has 0 fully saturated rings. The van der Waals surface area contributed by atoms with Gasteiger partial charge in [0.05, 0.1) is 24.7 Å². The Kier molecular flexibility index (Phi) is 6.98. The minimum atomic E-state index is 0.329. The van der Waals surface area contributed by atoms with Crippen molar-refractivity contribution < 1.29 is 14.2 Å². The summed E-state index contributed by atoms with van der Waals surface area (Å²) in [6.07, 6.45) is 2.66. The summed E-state index contributed by atoms with van der Waals surface area (Å²) in [5.74, 6) is 3.12. The number of imidazole rings is 1. The molecular formula is C28H30N2O3.